The molecule has 1 aliphatic heterocycles. The molecule has 30 heavy (non-hydrogen) atoms. The first-order valence-corrected chi connectivity index (χ1v) is 10.0. The molecular formula is C21H26F5NO3. The van der Waals surface area contributed by atoms with Crippen molar-refractivity contribution >= 4 is 11.6 Å². The minimum Gasteiger partial charge on any atom is -0.390 e. The average Bonchev–Trinajstić information content (AvgIpc) is 2.98. The topological polar surface area (TPSA) is 60.8 Å². The molecule has 1 spiro atoms. The molecule has 9 heteroatoms. The second-order valence-corrected chi connectivity index (χ2v) is 8.78. The Morgan fingerprint density at radius 3 is 2.10 bits per heavy atom. The lowest BCUT2D eigenvalue weighted by Crippen LogP contribution is -2.44. The van der Waals surface area contributed by atoms with E-state index in [1.165, 1.54) is 24.3 Å². The lowest BCUT2D eigenvalue weighted by molar-refractivity contribution is -0.153. The summed E-state index contributed by atoms with van der Waals surface area (Å²) in [6.07, 6.45) is -6.25. The number of carbonyl (C=O) groups is 1. The highest BCUT2D eigenvalue weighted by atomic mass is 19.4. The van der Waals surface area contributed by atoms with Crippen LogP contribution >= 0.6 is 0 Å². The summed E-state index contributed by atoms with van der Waals surface area (Å²) < 4.78 is 64.0. The van der Waals surface area contributed by atoms with Crippen LogP contribution in [0.15, 0.2) is 24.3 Å². The van der Waals surface area contributed by atoms with Crippen LogP contribution in [0.5, 0.6) is 0 Å². The highest BCUT2D eigenvalue weighted by molar-refractivity contribution is 6.00. The highest BCUT2D eigenvalue weighted by Crippen LogP contribution is 2.50. The minimum absolute atomic E-state index is 0.0417. The van der Waals surface area contributed by atoms with Gasteiger partial charge in [-0.1, -0.05) is 12.1 Å². The summed E-state index contributed by atoms with van der Waals surface area (Å²) in [6, 6.07) is 5.71. The Labute approximate surface area is 171 Å². The van der Waals surface area contributed by atoms with E-state index < -0.39 is 35.6 Å². The van der Waals surface area contributed by atoms with Gasteiger partial charge in [0.2, 0.25) is 5.91 Å². The van der Waals surface area contributed by atoms with Crippen LogP contribution in [-0.2, 0) is 4.79 Å². The van der Waals surface area contributed by atoms with Crippen LogP contribution in [0, 0.1) is 5.41 Å². The smallest absolute Gasteiger partial charge is 0.389 e. The molecule has 4 nitrogen and oxygen atoms in total. The molecule has 1 saturated heterocycles. The van der Waals surface area contributed by atoms with Crippen LogP contribution in [-0.4, -0.2) is 40.4 Å². The van der Waals surface area contributed by atoms with Crippen molar-refractivity contribution in [2.24, 2.45) is 5.41 Å². The van der Waals surface area contributed by atoms with Crippen molar-refractivity contribution in [1.82, 2.24) is 0 Å². The molecule has 0 radical (unpaired) electrons. The number of carbonyl (C=O) groups excluding carboxylic acids is 1. The van der Waals surface area contributed by atoms with Crippen LogP contribution in [0.4, 0.5) is 27.6 Å². The number of alkyl halides is 5. The number of hydrogen-bond donors (Lipinski definition) is 2. The van der Waals surface area contributed by atoms with Crippen LogP contribution < -0.4 is 4.90 Å². The van der Waals surface area contributed by atoms with Gasteiger partial charge in [0.15, 0.2) is 0 Å². The van der Waals surface area contributed by atoms with Gasteiger partial charge in [-0.2, -0.15) is 13.2 Å². The SMILES string of the molecule is CC(F)(F)C(O)c1ccc(N2CCC3(CCC(O)(CCC(F)(F)F)CC3)C2=O)cc1. The number of aliphatic hydroxyl groups is 2. The summed E-state index contributed by atoms with van der Waals surface area (Å²) in [5.41, 5.74) is -1.55. The van der Waals surface area contributed by atoms with Crippen molar-refractivity contribution in [3.63, 3.8) is 0 Å². The molecule has 168 valence electrons. The summed E-state index contributed by atoms with van der Waals surface area (Å²) in [7, 11) is 0. The molecule has 1 aromatic carbocycles. The van der Waals surface area contributed by atoms with Crippen molar-refractivity contribution in [3.8, 4) is 0 Å². The van der Waals surface area contributed by atoms with Gasteiger partial charge in [-0.05, 0) is 56.2 Å². The third kappa shape index (κ3) is 4.77. The summed E-state index contributed by atoms with van der Waals surface area (Å²) >= 11 is 0. The molecule has 0 aromatic heterocycles. The van der Waals surface area contributed by atoms with Gasteiger partial charge in [-0.3, -0.25) is 4.79 Å². The van der Waals surface area contributed by atoms with Crippen molar-refractivity contribution in [3.05, 3.63) is 29.8 Å². The Morgan fingerprint density at radius 2 is 1.60 bits per heavy atom. The lowest BCUT2D eigenvalue weighted by atomic mass is 9.66. The number of halogens is 5. The van der Waals surface area contributed by atoms with Crippen LogP contribution in [0.25, 0.3) is 0 Å². The first-order valence-electron chi connectivity index (χ1n) is 10.0. The number of rotatable bonds is 5. The molecule has 1 heterocycles. The van der Waals surface area contributed by atoms with E-state index in [9.17, 15) is 37.0 Å². The largest absolute Gasteiger partial charge is 0.390 e. The summed E-state index contributed by atoms with van der Waals surface area (Å²) in [5.74, 6) is -3.45. The number of hydrogen-bond acceptors (Lipinski definition) is 3. The Bertz CT molecular complexity index is 764. The fraction of sp³-hybridized carbons (Fsp3) is 0.667. The predicted molar refractivity (Wildman–Crippen MR) is 100 cm³/mol. The van der Waals surface area contributed by atoms with Crippen LogP contribution in [0.1, 0.15) is 63.5 Å². The van der Waals surface area contributed by atoms with E-state index in [1.54, 1.807) is 4.90 Å². The molecule has 1 amide bonds. The third-order valence-electron chi connectivity index (χ3n) is 6.53. The number of nitrogens with zero attached hydrogens (tertiary/aromatic N) is 1. The van der Waals surface area contributed by atoms with Gasteiger partial charge >= 0.3 is 6.18 Å². The average molecular weight is 435 g/mol. The zero-order valence-electron chi connectivity index (χ0n) is 16.7. The zero-order chi connectivity index (χ0) is 22.4. The predicted octanol–water partition coefficient (Wildman–Crippen LogP) is 4.75. The lowest BCUT2D eigenvalue weighted by Gasteiger charge is -2.41. The molecule has 1 atom stereocenters. The van der Waals surface area contributed by atoms with Gasteiger partial charge in [-0.15, -0.1) is 0 Å². The second-order valence-electron chi connectivity index (χ2n) is 8.78. The second kappa shape index (κ2) is 7.75. The van der Waals surface area contributed by atoms with Crippen molar-refractivity contribution < 1.29 is 37.0 Å². The van der Waals surface area contributed by atoms with Crippen LogP contribution in [0.3, 0.4) is 0 Å². The zero-order valence-corrected chi connectivity index (χ0v) is 16.7. The van der Waals surface area contributed by atoms with E-state index in [4.69, 9.17) is 0 Å². The van der Waals surface area contributed by atoms with E-state index in [2.05, 4.69) is 0 Å². The molecule has 2 fully saturated rings. The summed E-state index contributed by atoms with van der Waals surface area (Å²) in [6.45, 7) is 1.03. The van der Waals surface area contributed by atoms with Gasteiger partial charge < -0.3 is 15.1 Å². The Kier molecular flexibility index (Phi) is 5.92. The molecule has 2 N–H and O–H groups in total. The van der Waals surface area contributed by atoms with Gasteiger partial charge in [0.05, 0.1) is 11.0 Å². The quantitative estimate of drug-likeness (QED) is 0.657. The normalized spacial score (nSPS) is 28.9. The number of aliphatic hydroxyl groups excluding tert-OH is 1. The number of anilines is 1. The number of benzene rings is 1. The van der Waals surface area contributed by atoms with E-state index >= 15 is 0 Å². The Balaban J connectivity index is 1.65. The van der Waals surface area contributed by atoms with E-state index in [1.807, 2.05) is 0 Å². The molecule has 1 aliphatic carbocycles. The third-order valence-corrected chi connectivity index (χ3v) is 6.53. The Morgan fingerprint density at radius 1 is 1.03 bits per heavy atom. The van der Waals surface area contributed by atoms with Gasteiger partial charge in [0.1, 0.15) is 6.10 Å². The maximum Gasteiger partial charge on any atom is 0.389 e. The molecule has 2 aliphatic rings. The van der Waals surface area contributed by atoms with E-state index in [0.717, 1.165) is 0 Å². The van der Waals surface area contributed by atoms with Gasteiger partial charge in [-0.25, -0.2) is 8.78 Å². The molecule has 1 saturated carbocycles. The maximum absolute atomic E-state index is 13.3. The van der Waals surface area contributed by atoms with Crippen molar-refractivity contribution in [1.29, 1.82) is 0 Å². The van der Waals surface area contributed by atoms with Crippen molar-refractivity contribution in [2.45, 2.75) is 75.7 Å². The Hall–Kier alpha value is -1.74. The number of amides is 1. The van der Waals surface area contributed by atoms with E-state index in [-0.39, 0.29) is 30.7 Å². The van der Waals surface area contributed by atoms with Crippen LogP contribution in [0.2, 0.25) is 0 Å². The fourth-order valence-corrected chi connectivity index (χ4v) is 4.48. The molecule has 0 bridgehead atoms. The van der Waals surface area contributed by atoms with Gasteiger partial charge in [0.25, 0.3) is 5.92 Å². The standard InChI is InChI=1S/C21H26F5NO3/c1-18(22,23)16(28)14-2-4-15(5-3-14)27-13-12-19(17(27)29)6-8-20(30,9-7-19)10-11-21(24,25)26/h2-5,16,28,30H,6-13H2,1H3. The molecule has 1 aromatic rings. The molecule has 1 unspecified atom stereocenters. The summed E-state index contributed by atoms with van der Waals surface area (Å²) in [4.78, 5) is 14.6. The fourth-order valence-electron chi connectivity index (χ4n) is 4.48. The maximum atomic E-state index is 13.3. The highest BCUT2D eigenvalue weighted by Gasteiger charge is 2.52. The molecule has 3 rings (SSSR count). The minimum atomic E-state index is -4.33. The molecular weight excluding hydrogens is 409 g/mol. The first kappa shape index (κ1) is 22.9. The summed E-state index contributed by atoms with van der Waals surface area (Å²) in [5, 5.41) is 20.2. The van der Waals surface area contributed by atoms with E-state index in [0.29, 0.717) is 38.4 Å². The van der Waals surface area contributed by atoms with Crippen molar-refractivity contribution in [2.75, 3.05) is 11.4 Å². The van der Waals surface area contributed by atoms with Gasteiger partial charge in [0, 0.05) is 25.6 Å². The first-order chi connectivity index (χ1) is 13.7. The monoisotopic (exact) mass is 435 g/mol.